The minimum Gasteiger partial charge on any atom is -0.465 e. The quantitative estimate of drug-likeness (QED) is 0.198. The highest BCUT2D eigenvalue weighted by molar-refractivity contribution is 9.09. The Morgan fingerprint density at radius 1 is 0.973 bits per heavy atom. The molecule has 0 aliphatic carbocycles. The van der Waals surface area contributed by atoms with Gasteiger partial charge in [0.1, 0.15) is 0 Å². The minimum atomic E-state index is -0.292. The summed E-state index contributed by atoms with van der Waals surface area (Å²) in [5, 5.41) is 2.31. The van der Waals surface area contributed by atoms with E-state index in [-0.39, 0.29) is 12.1 Å². The Morgan fingerprint density at radius 2 is 1.49 bits per heavy atom. The van der Waals surface area contributed by atoms with E-state index in [0.29, 0.717) is 16.4 Å². The molecule has 4 aromatic rings. The molecule has 2 heterocycles. The van der Waals surface area contributed by atoms with Gasteiger partial charge in [-0.1, -0.05) is 73.1 Å². The second kappa shape index (κ2) is 15.9. The summed E-state index contributed by atoms with van der Waals surface area (Å²) in [5.41, 5.74) is 6.64. The van der Waals surface area contributed by atoms with Crippen LogP contribution in [-0.2, 0) is 14.3 Å². The average Bonchev–Trinajstić information content (AvgIpc) is 3.37. The number of para-hydroxylation sites is 2. The smallest absolute Gasteiger partial charge is 0.373 e. The van der Waals surface area contributed by atoms with Gasteiger partial charge in [0.05, 0.1) is 12.7 Å². The Kier molecular flexibility index (Phi) is 13.7. The highest BCUT2D eigenvalue weighted by atomic mass is 79.9. The molecule has 0 spiro atoms. The molecule has 0 bridgehead atoms. The summed E-state index contributed by atoms with van der Waals surface area (Å²) in [5.74, 6) is -0.292. The molecule has 2 atom stereocenters. The largest absolute Gasteiger partial charge is 0.465 e. The number of fused-ring (bicyclic) bond motifs is 2. The Morgan fingerprint density at radius 3 is 2.00 bits per heavy atom. The fourth-order valence-corrected chi connectivity index (χ4v) is 3.95. The molecule has 0 saturated heterocycles. The number of carbonyl (C=O) groups excluding carboxylic acids is 3. The Balaban J connectivity index is 0.000000289. The monoisotopic (exact) mass is 570 g/mol. The van der Waals surface area contributed by atoms with E-state index in [4.69, 9.17) is 14.3 Å². The van der Waals surface area contributed by atoms with E-state index in [1.54, 1.807) is 0 Å². The molecule has 4 rings (SSSR count). The van der Waals surface area contributed by atoms with E-state index in [2.05, 4.69) is 91.3 Å². The maximum atomic E-state index is 11.5. The van der Waals surface area contributed by atoms with Gasteiger partial charge in [0.25, 0.3) is 0 Å². The number of aromatic amines is 1. The zero-order valence-electron chi connectivity index (χ0n) is 23.1. The predicted molar refractivity (Wildman–Crippen MR) is 154 cm³/mol. The normalized spacial score (nSPS) is 11.6. The van der Waals surface area contributed by atoms with Crippen LogP contribution in [0.25, 0.3) is 21.8 Å². The molecule has 1 N–H and O–H groups in total. The first-order valence-electron chi connectivity index (χ1n) is 12.4. The van der Waals surface area contributed by atoms with Gasteiger partial charge in [0.15, 0.2) is 0 Å². The molecule has 0 aliphatic rings. The molecular weight excluding hydrogens is 532 g/mol. The van der Waals surface area contributed by atoms with E-state index < -0.39 is 0 Å². The van der Waals surface area contributed by atoms with Gasteiger partial charge in [-0.15, -0.1) is 0 Å². The van der Waals surface area contributed by atoms with Gasteiger partial charge < -0.3 is 14.3 Å². The van der Waals surface area contributed by atoms with Crippen LogP contribution in [-0.4, -0.2) is 33.6 Å². The zero-order chi connectivity index (χ0) is 28.1. The number of benzene rings is 2. The number of aryl methyl sites for hydroxylation is 2. The maximum absolute atomic E-state index is 11.5. The summed E-state index contributed by atoms with van der Waals surface area (Å²) in [4.78, 5) is 31.6. The summed E-state index contributed by atoms with van der Waals surface area (Å²) >= 11 is 3.37. The summed E-state index contributed by atoms with van der Waals surface area (Å²) in [6.07, 6.45) is 2.65. The number of nitrogens with zero attached hydrogens (tertiary/aromatic N) is 1. The number of methoxy groups -OCH3 is 1. The van der Waals surface area contributed by atoms with Crippen LogP contribution in [0.3, 0.4) is 0 Å². The van der Waals surface area contributed by atoms with Crippen molar-refractivity contribution in [3.8, 4) is 0 Å². The van der Waals surface area contributed by atoms with Crippen LogP contribution in [0.5, 0.6) is 0 Å². The molecule has 0 radical (unpaired) electrons. The van der Waals surface area contributed by atoms with Crippen LogP contribution in [0.1, 0.15) is 73.9 Å². The second-order valence-electron chi connectivity index (χ2n) is 8.79. The van der Waals surface area contributed by atoms with E-state index in [9.17, 15) is 4.79 Å². The fraction of sp³-hybridized carbons (Fsp3) is 0.400. The lowest BCUT2D eigenvalue weighted by atomic mass is 10.1. The third-order valence-corrected chi connectivity index (χ3v) is 7.00. The van der Waals surface area contributed by atoms with Crippen LogP contribution in [0, 0.1) is 20.8 Å². The lowest BCUT2D eigenvalue weighted by Crippen LogP contribution is -2.05. The maximum Gasteiger partial charge on any atom is 0.373 e. The molecule has 0 saturated carbocycles. The van der Waals surface area contributed by atoms with Crippen molar-refractivity contribution in [1.82, 2.24) is 9.55 Å². The molecular formula is C30H39BrN2O4. The van der Waals surface area contributed by atoms with Crippen molar-refractivity contribution in [3.63, 3.8) is 0 Å². The summed E-state index contributed by atoms with van der Waals surface area (Å²) < 4.78 is 7.19. The molecule has 2 unspecified atom stereocenters. The number of alkyl halides is 1. The summed E-state index contributed by atoms with van der Waals surface area (Å²) in [7, 11) is 1.39. The average molecular weight is 572 g/mol. The van der Waals surface area contributed by atoms with Gasteiger partial charge in [0.2, 0.25) is 0 Å². The third-order valence-electron chi connectivity index (χ3n) is 6.35. The summed E-state index contributed by atoms with van der Waals surface area (Å²) in [6, 6.07) is 17.0. The van der Waals surface area contributed by atoms with Crippen molar-refractivity contribution in [2.24, 2.45) is 0 Å². The van der Waals surface area contributed by atoms with Crippen LogP contribution < -0.4 is 0 Å². The molecule has 7 heteroatoms. The number of ether oxygens (including phenoxy) is 1. The van der Waals surface area contributed by atoms with E-state index >= 15 is 0 Å². The number of carbonyl (C=O) groups is 1. The predicted octanol–water partition coefficient (Wildman–Crippen LogP) is 8.09. The van der Waals surface area contributed by atoms with Crippen LogP contribution in [0.2, 0.25) is 0 Å². The van der Waals surface area contributed by atoms with Crippen molar-refractivity contribution in [3.05, 3.63) is 71.0 Å². The van der Waals surface area contributed by atoms with Crippen LogP contribution in [0.15, 0.2) is 48.5 Å². The molecule has 0 fully saturated rings. The lowest BCUT2D eigenvalue weighted by Gasteiger charge is -2.15. The number of nitrogens with one attached hydrogen (secondary N) is 1. The molecule has 2 aromatic carbocycles. The number of esters is 1. The van der Waals surface area contributed by atoms with Crippen molar-refractivity contribution in [2.75, 3.05) is 7.11 Å². The number of H-pyrrole nitrogens is 1. The standard InChI is InChI=1S/C14H19N.C11H11NO2.C4H9Br.CO2/c1-5-10(2)15-12(4)11(3)13-8-6-7-9-14(13)15;1-7-10(11(13)14-2)8-5-3-4-6-9(8)12-7;1-3-4(2)5;2-1-3/h6-10H,5H2,1-4H3;3-6,12H,1-2H3;4H,3H2,1-2H3;. The van der Waals surface area contributed by atoms with Crippen molar-refractivity contribution < 1.29 is 19.1 Å². The topological polar surface area (TPSA) is 81.2 Å². The first-order valence-corrected chi connectivity index (χ1v) is 13.4. The second-order valence-corrected chi connectivity index (χ2v) is 10.4. The van der Waals surface area contributed by atoms with E-state index in [1.165, 1.54) is 42.1 Å². The number of halogens is 1. The van der Waals surface area contributed by atoms with E-state index in [1.807, 2.05) is 31.2 Å². The van der Waals surface area contributed by atoms with Gasteiger partial charge >= 0.3 is 12.1 Å². The van der Waals surface area contributed by atoms with Gasteiger partial charge in [0, 0.05) is 44.1 Å². The zero-order valence-corrected chi connectivity index (χ0v) is 24.7. The van der Waals surface area contributed by atoms with Gasteiger partial charge in [-0.3, -0.25) is 0 Å². The molecule has 2 aromatic heterocycles. The van der Waals surface area contributed by atoms with Gasteiger partial charge in [-0.25, -0.2) is 4.79 Å². The SMILES string of the molecule is CCC(C)Br.CCC(C)n1c(C)c(C)c2ccccc21.COC(=O)c1c(C)[nH]c2ccccc12.O=C=O. The lowest BCUT2D eigenvalue weighted by molar-refractivity contribution is -0.191. The molecule has 37 heavy (non-hydrogen) atoms. The van der Waals surface area contributed by atoms with Gasteiger partial charge in [-0.05, 0) is 58.2 Å². The molecule has 0 aliphatic heterocycles. The number of rotatable bonds is 4. The Labute approximate surface area is 228 Å². The number of aromatic nitrogens is 2. The highest BCUT2D eigenvalue weighted by Gasteiger charge is 2.15. The van der Waals surface area contributed by atoms with Crippen molar-refractivity contribution in [1.29, 1.82) is 0 Å². The number of hydrogen-bond donors (Lipinski definition) is 1. The summed E-state index contributed by atoms with van der Waals surface area (Å²) in [6.45, 7) is 15.1. The third kappa shape index (κ3) is 8.44. The molecule has 0 amide bonds. The fourth-order valence-electron chi connectivity index (χ4n) is 3.95. The van der Waals surface area contributed by atoms with Crippen LogP contribution in [0.4, 0.5) is 0 Å². The van der Waals surface area contributed by atoms with Crippen molar-refractivity contribution >= 4 is 49.9 Å². The molecule has 6 nitrogen and oxygen atoms in total. The highest BCUT2D eigenvalue weighted by Crippen LogP contribution is 2.29. The van der Waals surface area contributed by atoms with E-state index in [0.717, 1.165) is 16.6 Å². The molecule has 200 valence electrons. The Hall–Kier alpha value is -3.15. The number of hydrogen-bond acceptors (Lipinski definition) is 4. The van der Waals surface area contributed by atoms with Gasteiger partial charge in [-0.2, -0.15) is 9.59 Å². The first-order chi connectivity index (χ1) is 17.6. The van der Waals surface area contributed by atoms with Crippen molar-refractivity contribution in [2.45, 2.75) is 72.2 Å². The minimum absolute atomic E-state index is 0.250. The first kappa shape index (κ1) is 31.9. The Bertz CT molecular complexity index is 1310. The van der Waals surface area contributed by atoms with Crippen LogP contribution >= 0.6 is 15.9 Å².